The normalized spacial score (nSPS) is 21.3. The molecule has 0 saturated carbocycles. The van der Waals surface area contributed by atoms with Crippen LogP contribution in [0.1, 0.15) is 63.5 Å². The van der Waals surface area contributed by atoms with Crippen molar-refractivity contribution in [2.24, 2.45) is 0 Å². The highest BCUT2D eigenvalue weighted by atomic mass is 15.2. The quantitative estimate of drug-likeness (QED) is 0.714. The Labute approximate surface area is 130 Å². The minimum absolute atomic E-state index is 0.521. The first-order valence-electron chi connectivity index (χ1n) is 8.80. The fourth-order valence-electron chi connectivity index (χ4n) is 3.35. The van der Waals surface area contributed by atoms with Crippen molar-refractivity contribution in [1.82, 2.24) is 10.2 Å². The summed E-state index contributed by atoms with van der Waals surface area (Å²) in [5.41, 5.74) is 1.45. The van der Waals surface area contributed by atoms with Crippen molar-refractivity contribution in [1.29, 1.82) is 0 Å². The van der Waals surface area contributed by atoms with Gasteiger partial charge in [0.2, 0.25) is 0 Å². The number of piperidine rings is 1. The van der Waals surface area contributed by atoms with Crippen LogP contribution in [0.2, 0.25) is 0 Å². The number of hydrogen-bond donors (Lipinski definition) is 1. The standard InChI is InChI=1S/C19H32N2/c1-3-4-6-14-19(17-11-7-5-8-12-17)20-16-18-13-9-10-15-21(18)2/h5,7-8,11-12,18-20H,3-4,6,9-10,13-16H2,1-2H3. The summed E-state index contributed by atoms with van der Waals surface area (Å²) < 4.78 is 0. The van der Waals surface area contributed by atoms with Gasteiger partial charge in [0.25, 0.3) is 0 Å². The first kappa shape index (κ1) is 16.5. The SMILES string of the molecule is CCCCCC(NCC1CCCCN1C)c1ccccc1. The largest absolute Gasteiger partial charge is 0.308 e. The third-order valence-corrected chi connectivity index (χ3v) is 4.82. The maximum absolute atomic E-state index is 3.85. The second-order valence-electron chi connectivity index (χ2n) is 6.50. The molecular formula is C19H32N2. The van der Waals surface area contributed by atoms with E-state index < -0.39 is 0 Å². The Kier molecular flexibility index (Phi) is 7.25. The predicted octanol–water partition coefficient (Wildman–Crippen LogP) is 4.38. The van der Waals surface area contributed by atoms with Crippen LogP contribution in [0.15, 0.2) is 30.3 Å². The van der Waals surface area contributed by atoms with Gasteiger partial charge in [0.05, 0.1) is 0 Å². The molecule has 1 saturated heterocycles. The van der Waals surface area contributed by atoms with Gasteiger partial charge in [-0.05, 0) is 38.4 Å². The van der Waals surface area contributed by atoms with Crippen LogP contribution in [-0.2, 0) is 0 Å². The Morgan fingerprint density at radius 3 is 2.71 bits per heavy atom. The van der Waals surface area contributed by atoms with Crippen LogP contribution in [0.3, 0.4) is 0 Å². The number of hydrogen-bond acceptors (Lipinski definition) is 2. The van der Waals surface area contributed by atoms with Gasteiger partial charge >= 0.3 is 0 Å². The molecule has 2 unspecified atom stereocenters. The lowest BCUT2D eigenvalue weighted by molar-refractivity contribution is 0.177. The highest BCUT2D eigenvalue weighted by Gasteiger charge is 2.20. The molecule has 1 aromatic carbocycles. The van der Waals surface area contributed by atoms with Gasteiger partial charge < -0.3 is 10.2 Å². The van der Waals surface area contributed by atoms with Crippen molar-refractivity contribution < 1.29 is 0 Å². The molecule has 0 aliphatic carbocycles. The average Bonchev–Trinajstić information content (AvgIpc) is 2.53. The van der Waals surface area contributed by atoms with Gasteiger partial charge in [-0.2, -0.15) is 0 Å². The third-order valence-electron chi connectivity index (χ3n) is 4.82. The van der Waals surface area contributed by atoms with E-state index in [1.165, 1.54) is 57.1 Å². The van der Waals surface area contributed by atoms with Crippen molar-refractivity contribution >= 4 is 0 Å². The van der Waals surface area contributed by atoms with Crippen LogP contribution in [0.4, 0.5) is 0 Å². The Balaban J connectivity index is 1.89. The zero-order chi connectivity index (χ0) is 14.9. The zero-order valence-electron chi connectivity index (χ0n) is 13.9. The number of unbranched alkanes of at least 4 members (excludes halogenated alkanes) is 2. The number of nitrogens with one attached hydrogen (secondary N) is 1. The van der Waals surface area contributed by atoms with Crippen molar-refractivity contribution in [2.75, 3.05) is 20.1 Å². The minimum Gasteiger partial charge on any atom is -0.308 e. The molecule has 0 spiro atoms. The van der Waals surface area contributed by atoms with Crippen LogP contribution in [-0.4, -0.2) is 31.1 Å². The molecule has 1 aliphatic heterocycles. The van der Waals surface area contributed by atoms with Crippen LogP contribution >= 0.6 is 0 Å². The van der Waals surface area contributed by atoms with E-state index >= 15 is 0 Å². The van der Waals surface area contributed by atoms with Crippen LogP contribution in [0.5, 0.6) is 0 Å². The van der Waals surface area contributed by atoms with E-state index in [4.69, 9.17) is 0 Å². The Bertz CT molecular complexity index is 376. The maximum atomic E-state index is 3.85. The third kappa shape index (κ3) is 5.44. The summed E-state index contributed by atoms with van der Waals surface area (Å²) in [4.78, 5) is 2.53. The molecule has 0 aromatic heterocycles. The predicted molar refractivity (Wildman–Crippen MR) is 91.6 cm³/mol. The molecule has 21 heavy (non-hydrogen) atoms. The van der Waals surface area contributed by atoms with Crippen molar-refractivity contribution in [3.05, 3.63) is 35.9 Å². The fourth-order valence-corrected chi connectivity index (χ4v) is 3.35. The molecule has 2 rings (SSSR count). The van der Waals surface area contributed by atoms with Gasteiger partial charge in [-0.15, -0.1) is 0 Å². The summed E-state index contributed by atoms with van der Waals surface area (Å²) in [6, 6.07) is 12.2. The minimum atomic E-state index is 0.521. The van der Waals surface area contributed by atoms with Gasteiger partial charge in [0.1, 0.15) is 0 Å². The number of nitrogens with zero attached hydrogens (tertiary/aromatic N) is 1. The highest BCUT2D eigenvalue weighted by molar-refractivity contribution is 5.18. The van der Waals surface area contributed by atoms with E-state index in [9.17, 15) is 0 Å². The molecule has 0 bridgehead atoms. The molecule has 0 radical (unpaired) electrons. The summed E-state index contributed by atoms with van der Waals surface area (Å²) in [7, 11) is 2.28. The van der Waals surface area contributed by atoms with Crippen molar-refractivity contribution in [2.45, 2.75) is 64.0 Å². The smallest absolute Gasteiger partial charge is 0.0320 e. The fraction of sp³-hybridized carbons (Fsp3) is 0.684. The van der Waals surface area contributed by atoms with Crippen molar-refractivity contribution in [3.63, 3.8) is 0 Å². The van der Waals surface area contributed by atoms with Gasteiger partial charge in [0, 0.05) is 18.6 Å². The number of likely N-dealkylation sites (tertiary alicyclic amines) is 1. The number of likely N-dealkylation sites (N-methyl/N-ethyl adjacent to an activating group) is 1. The number of benzene rings is 1. The first-order chi connectivity index (χ1) is 10.3. The second-order valence-corrected chi connectivity index (χ2v) is 6.50. The van der Waals surface area contributed by atoms with E-state index in [0.29, 0.717) is 6.04 Å². The van der Waals surface area contributed by atoms with Crippen molar-refractivity contribution in [3.8, 4) is 0 Å². The molecule has 1 N–H and O–H groups in total. The molecule has 118 valence electrons. The summed E-state index contributed by atoms with van der Waals surface area (Å²) in [6.07, 6.45) is 9.33. The molecular weight excluding hydrogens is 256 g/mol. The van der Waals surface area contributed by atoms with Gasteiger partial charge in [-0.1, -0.05) is 62.9 Å². The van der Waals surface area contributed by atoms with Crippen LogP contribution < -0.4 is 5.32 Å². The monoisotopic (exact) mass is 288 g/mol. The van der Waals surface area contributed by atoms with E-state index in [1.807, 2.05) is 0 Å². The Hall–Kier alpha value is -0.860. The van der Waals surface area contributed by atoms with Crippen LogP contribution in [0.25, 0.3) is 0 Å². The molecule has 0 amide bonds. The Morgan fingerprint density at radius 1 is 1.19 bits per heavy atom. The molecule has 1 aromatic rings. The lowest BCUT2D eigenvalue weighted by atomic mass is 9.98. The highest BCUT2D eigenvalue weighted by Crippen LogP contribution is 2.21. The lowest BCUT2D eigenvalue weighted by Crippen LogP contribution is -2.43. The van der Waals surface area contributed by atoms with E-state index in [2.05, 4.69) is 54.5 Å². The van der Waals surface area contributed by atoms with Gasteiger partial charge in [-0.3, -0.25) is 0 Å². The molecule has 2 atom stereocenters. The topological polar surface area (TPSA) is 15.3 Å². The maximum Gasteiger partial charge on any atom is 0.0320 e. The lowest BCUT2D eigenvalue weighted by Gasteiger charge is -2.34. The van der Waals surface area contributed by atoms with E-state index in [-0.39, 0.29) is 0 Å². The second kappa shape index (κ2) is 9.22. The summed E-state index contributed by atoms with van der Waals surface area (Å²) >= 11 is 0. The molecule has 1 fully saturated rings. The summed E-state index contributed by atoms with van der Waals surface area (Å²) in [5, 5.41) is 3.85. The number of rotatable bonds is 8. The average molecular weight is 288 g/mol. The van der Waals surface area contributed by atoms with E-state index in [1.54, 1.807) is 0 Å². The van der Waals surface area contributed by atoms with Gasteiger partial charge in [-0.25, -0.2) is 0 Å². The molecule has 1 heterocycles. The van der Waals surface area contributed by atoms with E-state index in [0.717, 1.165) is 12.6 Å². The Morgan fingerprint density at radius 2 is 2.00 bits per heavy atom. The summed E-state index contributed by atoms with van der Waals surface area (Å²) in [5.74, 6) is 0. The zero-order valence-corrected chi connectivity index (χ0v) is 13.9. The van der Waals surface area contributed by atoms with Crippen LogP contribution in [0, 0.1) is 0 Å². The van der Waals surface area contributed by atoms with Gasteiger partial charge in [0.15, 0.2) is 0 Å². The summed E-state index contributed by atoms with van der Waals surface area (Å²) in [6.45, 7) is 4.67. The molecule has 2 nitrogen and oxygen atoms in total. The molecule has 1 aliphatic rings. The first-order valence-corrected chi connectivity index (χ1v) is 8.80. The molecule has 2 heteroatoms.